The minimum Gasteiger partial charge on any atom is -0.493 e. The minimum absolute atomic E-state index is 0.726. The molecule has 0 saturated heterocycles. The molecule has 1 aromatic carbocycles. The largest absolute Gasteiger partial charge is 0.493 e. The second kappa shape index (κ2) is 3.81. The van der Waals surface area contributed by atoms with Gasteiger partial charge in [-0.25, -0.2) is 0 Å². The normalized spacial score (nSPS) is 15.1. The highest BCUT2D eigenvalue weighted by Crippen LogP contribution is 2.31. The van der Waals surface area contributed by atoms with Gasteiger partial charge >= 0.3 is 5.97 Å². The maximum atomic E-state index is 11.1. The maximum absolute atomic E-state index is 11.1. The van der Waals surface area contributed by atoms with Gasteiger partial charge in [-0.2, -0.15) is 0 Å². The Morgan fingerprint density at radius 1 is 1.44 bits per heavy atom. The third kappa shape index (κ3) is 1.77. The van der Waals surface area contributed by atoms with Crippen LogP contribution in [0.2, 0.25) is 0 Å². The molecule has 0 amide bonds. The number of hydrogen-bond donors (Lipinski definition) is 1. The van der Waals surface area contributed by atoms with Gasteiger partial charge in [-0.1, -0.05) is 12.1 Å². The summed E-state index contributed by atoms with van der Waals surface area (Å²) >= 11 is 0. The molecule has 0 atom stereocenters. The monoisotopic (exact) mass is 220 g/mol. The zero-order valence-electron chi connectivity index (χ0n) is 9.62. The van der Waals surface area contributed by atoms with Crippen LogP contribution < -0.4 is 4.74 Å². The molecule has 1 aliphatic rings. The molecule has 1 aromatic rings. The molecule has 0 aromatic heterocycles. The Bertz CT molecular complexity index is 421. The molecule has 1 heterocycles. The van der Waals surface area contributed by atoms with Crippen LogP contribution in [0.3, 0.4) is 0 Å². The Hall–Kier alpha value is -1.51. The number of benzene rings is 1. The van der Waals surface area contributed by atoms with Crippen LogP contribution in [0, 0.1) is 0 Å². The first kappa shape index (κ1) is 11.0. The lowest BCUT2D eigenvalue weighted by atomic mass is 9.84. The number of carboxylic acids is 1. The molecule has 1 aliphatic heterocycles. The summed E-state index contributed by atoms with van der Waals surface area (Å²) in [5.41, 5.74) is 1.10. The van der Waals surface area contributed by atoms with Gasteiger partial charge in [-0.15, -0.1) is 0 Å². The minimum atomic E-state index is -0.865. The predicted octanol–water partition coefficient (Wildman–Crippen LogP) is 2.37. The first-order chi connectivity index (χ1) is 7.51. The Labute approximate surface area is 95.0 Å². The molecule has 16 heavy (non-hydrogen) atoms. The summed E-state index contributed by atoms with van der Waals surface area (Å²) in [5.74, 6) is 0.0290. The number of carboxylic acid groups (broad SMARTS) is 1. The molecule has 1 N–H and O–H groups in total. The SMILES string of the molecule is CC(C)(C(=O)O)c1ccc2c(c1)OCCC2. The van der Waals surface area contributed by atoms with E-state index < -0.39 is 11.4 Å². The van der Waals surface area contributed by atoms with Crippen molar-refractivity contribution in [2.75, 3.05) is 6.61 Å². The van der Waals surface area contributed by atoms with Gasteiger partial charge in [0.15, 0.2) is 0 Å². The summed E-state index contributed by atoms with van der Waals surface area (Å²) in [4.78, 5) is 11.1. The number of hydrogen-bond acceptors (Lipinski definition) is 2. The molecule has 0 spiro atoms. The van der Waals surface area contributed by atoms with E-state index in [0.29, 0.717) is 0 Å². The second-order valence-corrected chi connectivity index (χ2v) is 4.70. The van der Waals surface area contributed by atoms with E-state index in [1.807, 2.05) is 18.2 Å². The van der Waals surface area contributed by atoms with Gasteiger partial charge in [-0.3, -0.25) is 4.79 Å². The summed E-state index contributed by atoms with van der Waals surface area (Å²) in [6, 6.07) is 5.73. The summed E-state index contributed by atoms with van der Waals surface area (Å²) < 4.78 is 5.55. The van der Waals surface area contributed by atoms with Crippen LogP contribution in [-0.4, -0.2) is 17.7 Å². The molecular formula is C13H16O3. The highest BCUT2D eigenvalue weighted by atomic mass is 16.5. The predicted molar refractivity (Wildman–Crippen MR) is 60.9 cm³/mol. The molecule has 0 fully saturated rings. The van der Waals surface area contributed by atoms with E-state index >= 15 is 0 Å². The number of aliphatic carboxylic acids is 1. The molecule has 0 saturated carbocycles. The number of ether oxygens (including phenoxy) is 1. The van der Waals surface area contributed by atoms with E-state index in [4.69, 9.17) is 9.84 Å². The van der Waals surface area contributed by atoms with Gasteiger partial charge < -0.3 is 9.84 Å². The van der Waals surface area contributed by atoms with Crippen molar-refractivity contribution in [3.63, 3.8) is 0 Å². The van der Waals surface area contributed by atoms with Gasteiger partial charge in [0.25, 0.3) is 0 Å². The fourth-order valence-corrected chi connectivity index (χ4v) is 1.85. The number of carbonyl (C=O) groups is 1. The smallest absolute Gasteiger partial charge is 0.313 e. The lowest BCUT2D eigenvalue weighted by Crippen LogP contribution is -2.28. The van der Waals surface area contributed by atoms with Crippen molar-refractivity contribution < 1.29 is 14.6 Å². The fourth-order valence-electron chi connectivity index (χ4n) is 1.85. The standard InChI is InChI=1S/C13H16O3/c1-13(2,12(14)15)10-6-5-9-4-3-7-16-11(9)8-10/h5-6,8H,3-4,7H2,1-2H3,(H,14,15). The van der Waals surface area contributed by atoms with Gasteiger partial charge in [0.05, 0.1) is 12.0 Å². The average Bonchev–Trinajstić information content (AvgIpc) is 2.28. The van der Waals surface area contributed by atoms with Crippen molar-refractivity contribution in [2.45, 2.75) is 32.1 Å². The Morgan fingerprint density at radius 3 is 2.88 bits per heavy atom. The summed E-state index contributed by atoms with van der Waals surface area (Å²) in [7, 11) is 0. The summed E-state index contributed by atoms with van der Waals surface area (Å²) in [6.45, 7) is 4.14. The fraction of sp³-hybridized carbons (Fsp3) is 0.462. The van der Waals surface area contributed by atoms with Crippen LogP contribution in [0.1, 0.15) is 31.4 Å². The van der Waals surface area contributed by atoms with Crippen LogP contribution in [0.5, 0.6) is 5.75 Å². The van der Waals surface area contributed by atoms with Gasteiger partial charge in [0.1, 0.15) is 5.75 Å². The van der Waals surface area contributed by atoms with E-state index in [0.717, 1.165) is 30.8 Å². The van der Waals surface area contributed by atoms with Crippen molar-refractivity contribution in [1.82, 2.24) is 0 Å². The van der Waals surface area contributed by atoms with E-state index in [1.54, 1.807) is 13.8 Å². The molecule has 3 heteroatoms. The number of rotatable bonds is 2. The molecule has 0 bridgehead atoms. The second-order valence-electron chi connectivity index (χ2n) is 4.70. The lowest BCUT2D eigenvalue weighted by Gasteiger charge is -2.23. The quantitative estimate of drug-likeness (QED) is 0.832. The molecule has 3 nitrogen and oxygen atoms in total. The van der Waals surface area contributed by atoms with E-state index in [9.17, 15) is 4.79 Å². The Balaban J connectivity index is 2.40. The molecular weight excluding hydrogens is 204 g/mol. The molecule has 86 valence electrons. The van der Waals surface area contributed by atoms with Gasteiger partial charge in [0.2, 0.25) is 0 Å². The zero-order chi connectivity index (χ0) is 11.8. The van der Waals surface area contributed by atoms with Crippen molar-refractivity contribution in [1.29, 1.82) is 0 Å². The Morgan fingerprint density at radius 2 is 2.19 bits per heavy atom. The topological polar surface area (TPSA) is 46.5 Å². The molecule has 0 aliphatic carbocycles. The van der Waals surface area contributed by atoms with Crippen LogP contribution >= 0.6 is 0 Å². The Kier molecular flexibility index (Phi) is 2.62. The average molecular weight is 220 g/mol. The molecule has 2 rings (SSSR count). The molecule has 0 unspecified atom stereocenters. The maximum Gasteiger partial charge on any atom is 0.313 e. The van der Waals surface area contributed by atoms with Crippen LogP contribution in [-0.2, 0) is 16.6 Å². The van der Waals surface area contributed by atoms with Crippen molar-refractivity contribution in [3.8, 4) is 5.75 Å². The van der Waals surface area contributed by atoms with Crippen LogP contribution in [0.25, 0.3) is 0 Å². The summed E-state index contributed by atoms with van der Waals surface area (Å²) in [6.07, 6.45) is 2.05. The summed E-state index contributed by atoms with van der Waals surface area (Å²) in [5, 5.41) is 9.16. The van der Waals surface area contributed by atoms with Gasteiger partial charge in [-0.05, 0) is 43.9 Å². The van der Waals surface area contributed by atoms with Gasteiger partial charge in [0, 0.05) is 0 Å². The van der Waals surface area contributed by atoms with Crippen molar-refractivity contribution in [2.24, 2.45) is 0 Å². The van der Waals surface area contributed by atoms with Crippen LogP contribution in [0.15, 0.2) is 18.2 Å². The van der Waals surface area contributed by atoms with Crippen molar-refractivity contribution in [3.05, 3.63) is 29.3 Å². The highest BCUT2D eigenvalue weighted by Gasteiger charge is 2.30. The third-order valence-corrected chi connectivity index (χ3v) is 3.17. The van der Waals surface area contributed by atoms with Crippen LogP contribution in [0.4, 0.5) is 0 Å². The van der Waals surface area contributed by atoms with E-state index in [-0.39, 0.29) is 0 Å². The zero-order valence-corrected chi connectivity index (χ0v) is 9.62. The van der Waals surface area contributed by atoms with Crippen molar-refractivity contribution >= 4 is 5.97 Å². The lowest BCUT2D eigenvalue weighted by molar-refractivity contribution is -0.142. The highest BCUT2D eigenvalue weighted by molar-refractivity contribution is 5.80. The number of aryl methyl sites for hydroxylation is 1. The first-order valence-electron chi connectivity index (χ1n) is 5.51. The molecule has 0 radical (unpaired) electrons. The van der Waals surface area contributed by atoms with E-state index in [2.05, 4.69) is 0 Å². The first-order valence-corrected chi connectivity index (χ1v) is 5.51. The van der Waals surface area contributed by atoms with E-state index in [1.165, 1.54) is 5.56 Å². The number of fused-ring (bicyclic) bond motifs is 1. The third-order valence-electron chi connectivity index (χ3n) is 3.17.